The summed E-state index contributed by atoms with van der Waals surface area (Å²) in [6.45, 7) is 3.40. The van der Waals surface area contributed by atoms with E-state index in [1.807, 2.05) is 18.2 Å². The number of rotatable bonds is 2. The second-order valence-electron chi connectivity index (χ2n) is 6.00. The summed E-state index contributed by atoms with van der Waals surface area (Å²) in [4.78, 5) is 6.90. The molecule has 0 spiro atoms. The van der Waals surface area contributed by atoms with E-state index in [1.54, 1.807) is 0 Å². The maximum Gasteiger partial charge on any atom is 0.245 e. The zero-order valence-electron chi connectivity index (χ0n) is 11.6. The maximum absolute atomic E-state index is 5.61. The Labute approximate surface area is 122 Å². The molecule has 1 aromatic heterocycles. The fraction of sp³-hybridized carbons (Fsp3) is 0.467. The lowest BCUT2D eigenvalue weighted by Gasteiger charge is -2.18. The molecule has 1 saturated carbocycles. The quantitative estimate of drug-likeness (QED) is 0.909. The van der Waals surface area contributed by atoms with Gasteiger partial charge >= 0.3 is 0 Å². The molecule has 6 nitrogen and oxygen atoms in total. The summed E-state index contributed by atoms with van der Waals surface area (Å²) in [5.74, 6) is 4.92. The summed E-state index contributed by atoms with van der Waals surface area (Å²) in [7, 11) is 0. The Morgan fingerprint density at radius 3 is 2.76 bits per heavy atom. The average Bonchev–Trinajstić information content (AvgIpc) is 2.95. The molecule has 2 aliphatic heterocycles. The third kappa shape index (κ3) is 1.86. The van der Waals surface area contributed by atoms with Gasteiger partial charge in [-0.25, -0.2) is 0 Å². The first-order valence-electron chi connectivity index (χ1n) is 7.44. The van der Waals surface area contributed by atoms with E-state index in [0.717, 1.165) is 53.8 Å². The average molecular weight is 284 g/mol. The van der Waals surface area contributed by atoms with Crippen molar-refractivity contribution in [2.45, 2.75) is 6.42 Å². The molecule has 2 aromatic rings. The Hall–Kier alpha value is -2.24. The van der Waals surface area contributed by atoms with Crippen molar-refractivity contribution in [1.82, 2.24) is 15.2 Å². The molecule has 0 radical (unpaired) electrons. The van der Waals surface area contributed by atoms with Crippen molar-refractivity contribution in [3.63, 3.8) is 0 Å². The molecule has 1 saturated heterocycles. The van der Waals surface area contributed by atoms with Crippen LogP contribution in [0.15, 0.2) is 18.2 Å². The number of piperidine rings is 1. The highest BCUT2D eigenvalue weighted by molar-refractivity contribution is 5.62. The van der Waals surface area contributed by atoms with Crippen LogP contribution < -0.4 is 14.4 Å². The molecule has 1 N–H and O–H groups in total. The van der Waals surface area contributed by atoms with Gasteiger partial charge in [0, 0.05) is 18.7 Å². The lowest BCUT2D eigenvalue weighted by molar-refractivity contribution is 0.171. The van der Waals surface area contributed by atoms with Gasteiger partial charge in [0.2, 0.25) is 5.95 Å². The minimum absolute atomic E-state index is 0.592. The van der Waals surface area contributed by atoms with Crippen LogP contribution in [-0.2, 0) is 0 Å². The van der Waals surface area contributed by atoms with E-state index in [2.05, 4.69) is 20.1 Å². The van der Waals surface area contributed by atoms with E-state index in [4.69, 9.17) is 9.47 Å². The second-order valence-corrected chi connectivity index (χ2v) is 6.00. The van der Waals surface area contributed by atoms with Crippen molar-refractivity contribution in [3.05, 3.63) is 18.2 Å². The largest absolute Gasteiger partial charge is 0.486 e. The number of hydrogen-bond acceptors (Lipinski definition) is 5. The molecule has 108 valence electrons. The number of nitrogens with one attached hydrogen (secondary N) is 1. The first kappa shape index (κ1) is 11.4. The Bertz CT molecular complexity index is 689. The zero-order valence-corrected chi connectivity index (χ0v) is 11.6. The van der Waals surface area contributed by atoms with Crippen molar-refractivity contribution in [3.8, 4) is 22.9 Å². The topological polar surface area (TPSA) is 63.3 Å². The molecule has 5 rings (SSSR count). The molecule has 3 aliphatic rings. The normalized spacial score (nSPS) is 25.8. The van der Waals surface area contributed by atoms with E-state index in [-0.39, 0.29) is 0 Å². The van der Waals surface area contributed by atoms with Gasteiger partial charge in [-0.1, -0.05) is 0 Å². The van der Waals surface area contributed by atoms with Crippen LogP contribution in [-0.4, -0.2) is 41.5 Å². The number of fused-ring (bicyclic) bond motifs is 2. The van der Waals surface area contributed by atoms with Gasteiger partial charge in [0.1, 0.15) is 13.2 Å². The SMILES string of the molecule is c1cc2c(cc1-c1nc(N3CC4CC4C3)n[nH]1)OCCO2. The molecule has 3 heterocycles. The smallest absolute Gasteiger partial charge is 0.245 e. The molecule has 1 aliphatic carbocycles. The molecule has 2 fully saturated rings. The molecule has 0 bridgehead atoms. The Balaban J connectivity index is 1.43. The minimum atomic E-state index is 0.592. The monoisotopic (exact) mass is 284 g/mol. The van der Waals surface area contributed by atoms with Gasteiger partial charge in [0.05, 0.1) is 0 Å². The van der Waals surface area contributed by atoms with Crippen molar-refractivity contribution < 1.29 is 9.47 Å². The lowest BCUT2D eigenvalue weighted by Crippen LogP contribution is -2.22. The van der Waals surface area contributed by atoms with Crippen molar-refractivity contribution in [2.75, 3.05) is 31.2 Å². The third-order valence-corrected chi connectivity index (χ3v) is 4.55. The summed E-state index contributed by atoms with van der Waals surface area (Å²) >= 11 is 0. The van der Waals surface area contributed by atoms with Crippen molar-refractivity contribution in [2.24, 2.45) is 11.8 Å². The lowest BCUT2D eigenvalue weighted by atomic mass is 10.2. The standard InChI is InChI=1S/C15H16N4O2/c1-2-12-13(21-4-3-20-12)6-9(1)14-16-15(18-17-14)19-7-10-5-11(10)8-19/h1-2,6,10-11H,3-5,7-8H2,(H,16,17,18). The van der Waals surface area contributed by atoms with Crippen LogP contribution >= 0.6 is 0 Å². The number of nitrogens with zero attached hydrogens (tertiary/aromatic N) is 3. The highest BCUT2D eigenvalue weighted by Crippen LogP contribution is 2.45. The number of H-pyrrole nitrogens is 1. The molecule has 2 atom stereocenters. The number of aromatic amines is 1. The fourth-order valence-electron chi connectivity index (χ4n) is 3.28. The van der Waals surface area contributed by atoms with Gasteiger partial charge < -0.3 is 14.4 Å². The van der Waals surface area contributed by atoms with Gasteiger partial charge in [-0.2, -0.15) is 4.98 Å². The summed E-state index contributed by atoms with van der Waals surface area (Å²) in [6, 6.07) is 5.87. The van der Waals surface area contributed by atoms with E-state index in [0.29, 0.717) is 13.2 Å². The predicted octanol–water partition coefficient (Wildman–Crippen LogP) is 1.70. The van der Waals surface area contributed by atoms with E-state index in [1.165, 1.54) is 6.42 Å². The van der Waals surface area contributed by atoms with Crippen LogP contribution in [0.4, 0.5) is 5.95 Å². The first-order valence-corrected chi connectivity index (χ1v) is 7.44. The molecule has 6 heteroatoms. The summed E-state index contributed by atoms with van der Waals surface area (Å²) < 4.78 is 11.2. The summed E-state index contributed by atoms with van der Waals surface area (Å²) in [5, 5.41) is 7.40. The second kappa shape index (κ2) is 4.13. The third-order valence-electron chi connectivity index (χ3n) is 4.55. The maximum atomic E-state index is 5.61. The fourth-order valence-corrected chi connectivity index (χ4v) is 3.28. The number of anilines is 1. The molecule has 2 unspecified atom stereocenters. The van der Waals surface area contributed by atoms with Crippen LogP contribution in [0.2, 0.25) is 0 Å². The molecule has 1 aromatic carbocycles. The van der Waals surface area contributed by atoms with Crippen LogP contribution in [0.3, 0.4) is 0 Å². The Morgan fingerprint density at radius 2 is 1.90 bits per heavy atom. The summed E-state index contributed by atoms with van der Waals surface area (Å²) in [6.07, 6.45) is 1.38. The molecular formula is C15H16N4O2. The first-order chi connectivity index (χ1) is 10.4. The minimum Gasteiger partial charge on any atom is -0.486 e. The number of ether oxygens (including phenoxy) is 2. The van der Waals surface area contributed by atoms with Crippen LogP contribution in [0.25, 0.3) is 11.4 Å². The van der Waals surface area contributed by atoms with Crippen molar-refractivity contribution >= 4 is 5.95 Å². The van der Waals surface area contributed by atoms with Gasteiger partial charge in [-0.15, -0.1) is 5.10 Å². The van der Waals surface area contributed by atoms with E-state index in [9.17, 15) is 0 Å². The highest BCUT2D eigenvalue weighted by atomic mass is 16.6. The molecule has 0 amide bonds. The highest BCUT2D eigenvalue weighted by Gasteiger charge is 2.46. The number of hydrogen-bond donors (Lipinski definition) is 1. The number of aromatic nitrogens is 3. The van der Waals surface area contributed by atoms with Gasteiger partial charge in [-0.3, -0.25) is 5.10 Å². The Morgan fingerprint density at radius 1 is 1.10 bits per heavy atom. The summed E-state index contributed by atoms with van der Waals surface area (Å²) in [5.41, 5.74) is 0.974. The number of benzene rings is 1. The zero-order chi connectivity index (χ0) is 13.8. The van der Waals surface area contributed by atoms with Crippen molar-refractivity contribution in [1.29, 1.82) is 0 Å². The van der Waals surface area contributed by atoms with Gasteiger partial charge in [0.25, 0.3) is 0 Å². The van der Waals surface area contributed by atoms with Crippen LogP contribution in [0, 0.1) is 11.8 Å². The molecular weight excluding hydrogens is 268 g/mol. The molecule has 21 heavy (non-hydrogen) atoms. The van der Waals surface area contributed by atoms with Crippen LogP contribution in [0.5, 0.6) is 11.5 Å². The van der Waals surface area contributed by atoms with E-state index < -0.39 is 0 Å². The van der Waals surface area contributed by atoms with Gasteiger partial charge in [0.15, 0.2) is 17.3 Å². The van der Waals surface area contributed by atoms with E-state index >= 15 is 0 Å². The Kier molecular flexibility index (Phi) is 2.25. The van der Waals surface area contributed by atoms with Gasteiger partial charge in [-0.05, 0) is 36.5 Å². The predicted molar refractivity (Wildman–Crippen MR) is 76.6 cm³/mol. The van der Waals surface area contributed by atoms with Crippen LogP contribution in [0.1, 0.15) is 6.42 Å².